The van der Waals surface area contributed by atoms with Crippen LogP contribution in [-0.2, 0) is 9.84 Å². The monoisotopic (exact) mass is 311 g/mol. The molecular formula is C14H21N3O3S. The lowest BCUT2D eigenvalue weighted by Gasteiger charge is -2.20. The summed E-state index contributed by atoms with van der Waals surface area (Å²) in [6, 6.07) is 7.32. The van der Waals surface area contributed by atoms with Gasteiger partial charge in [0.1, 0.15) is 5.75 Å². The highest BCUT2D eigenvalue weighted by atomic mass is 32.2. The Morgan fingerprint density at radius 3 is 2.76 bits per heavy atom. The predicted octanol–water partition coefficient (Wildman–Crippen LogP) is 1.25. The molecule has 1 unspecified atom stereocenters. The van der Waals surface area contributed by atoms with Crippen LogP contribution in [0.15, 0.2) is 29.3 Å². The van der Waals surface area contributed by atoms with Crippen molar-refractivity contribution in [2.24, 2.45) is 16.6 Å². The second-order valence-corrected chi connectivity index (χ2v) is 7.43. The number of sulfone groups is 1. The third kappa shape index (κ3) is 4.93. The van der Waals surface area contributed by atoms with E-state index in [0.29, 0.717) is 24.7 Å². The van der Waals surface area contributed by atoms with Crippen molar-refractivity contribution >= 4 is 21.5 Å². The summed E-state index contributed by atoms with van der Waals surface area (Å²) in [7, 11) is -1.28. The largest absolute Gasteiger partial charge is 0.497 e. The quantitative estimate of drug-likeness (QED) is 0.644. The maximum absolute atomic E-state index is 11.5. The molecule has 2 rings (SSSR count). The van der Waals surface area contributed by atoms with Gasteiger partial charge in [-0.15, -0.1) is 0 Å². The molecule has 1 fully saturated rings. The molecule has 3 N–H and O–H groups in total. The van der Waals surface area contributed by atoms with E-state index < -0.39 is 9.84 Å². The Balaban J connectivity index is 1.88. The third-order valence-electron chi connectivity index (χ3n) is 3.44. The van der Waals surface area contributed by atoms with Crippen molar-refractivity contribution in [2.45, 2.75) is 12.8 Å². The molecule has 0 radical (unpaired) electrons. The summed E-state index contributed by atoms with van der Waals surface area (Å²) in [6.07, 6.45) is 1.60. The van der Waals surface area contributed by atoms with Gasteiger partial charge >= 0.3 is 0 Å². The molecule has 7 heteroatoms. The fraction of sp³-hybridized carbons (Fsp3) is 0.500. The van der Waals surface area contributed by atoms with Crippen LogP contribution in [0.25, 0.3) is 0 Å². The number of ether oxygens (including phenoxy) is 1. The first-order chi connectivity index (χ1) is 9.98. The zero-order chi connectivity index (χ0) is 15.3. The van der Waals surface area contributed by atoms with Gasteiger partial charge in [-0.2, -0.15) is 0 Å². The summed E-state index contributed by atoms with van der Waals surface area (Å²) in [4.78, 5) is 4.24. The Bertz CT molecular complexity index is 596. The van der Waals surface area contributed by atoms with E-state index in [1.54, 1.807) is 7.11 Å². The standard InChI is InChI=1S/C14H21N3O3S/c1-20-13-6-4-12(5-7-13)17-14(15)16-9-11-3-2-8-21(18,19)10-11/h4-7,11H,2-3,8-10H2,1H3,(H3,15,16,17). The van der Waals surface area contributed by atoms with Crippen LogP contribution < -0.4 is 15.8 Å². The van der Waals surface area contributed by atoms with Crippen molar-refractivity contribution in [3.63, 3.8) is 0 Å². The number of nitrogens with two attached hydrogens (primary N) is 1. The normalized spacial score (nSPS) is 21.8. The number of benzene rings is 1. The summed E-state index contributed by atoms with van der Waals surface area (Å²) >= 11 is 0. The zero-order valence-corrected chi connectivity index (χ0v) is 12.9. The van der Waals surface area contributed by atoms with E-state index in [-0.39, 0.29) is 11.7 Å². The molecule has 0 saturated carbocycles. The van der Waals surface area contributed by atoms with Gasteiger partial charge in [-0.3, -0.25) is 4.99 Å². The number of aliphatic imine (C=N–C) groups is 1. The Labute approximate surface area is 125 Å². The molecule has 0 bridgehead atoms. The first-order valence-corrected chi connectivity index (χ1v) is 8.72. The number of nitrogens with zero attached hydrogens (tertiary/aromatic N) is 1. The Kier molecular flexibility index (Phi) is 5.06. The van der Waals surface area contributed by atoms with Gasteiger partial charge in [-0.05, 0) is 43.0 Å². The van der Waals surface area contributed by atoms with Gasteiger partial charge in [-0.25, -0.2) is 8.42 Å². The molecule has 1 aliphatic rings. The van der Waals surface area contributed by atoms with Gasteiger partial charge in [0.25, 0.3) is 0 Å². The van der Waals surface area contributed by atoms with Crippen LogP contribution in [0.5, 0.6) is 5.75 Å². The van der Waals surface area contributed by atoms with Crippen LogP contribution in [0.4, 0.5) is 5.69 Å². The minimum atomic E-state index is -2.89. The van der Waals surface area contributed by atoms with E-state index in [9.17, 15) is 8.42 Å². The first kappa shape index (κ1) is 15.6. The molecule has 0 aromatic heterocycles. The van der Waals surface area contributed by atoms with Crippen LogP contribution >= 0.6 is 0 Å². The van der Waals surface area contributed by atoms with E-state index >= 15 is 0 Å². The molecule has 21 heavy (non-hydrogen) atoms. The number of rotatable bonds is 4. The van der Waals surface area contributed by atoms with Crippen molar-refractivity contribution in [1.82, 2.24) is 0 Å². The number of hydrogen-bond acceptors (Lipinski definition) is 4. The lowest BCUT2D eigenvalue weighted by atomic mass is 10.1. The van der Waals surface area contributed by atoms with Crippen molar-refractivity contribution in [1.29, 1.82) is 0 Å². The fourth-order valence-electron chi connectivity index (χ4n) is 2.35. The summed E-state index contributed by atoms with van der Waals surface area (Å²) in [5.41, 5.74) is 6.63. The molecule has 1 atom stereocenters. The van der Waals surface area contributed by atoms with Crippen LogP contribution in [0.2, 0.25) is 0 Å². The molecular weight excluding hydrogens is 290 g/mol. The highest BCUT2D eigenvalue weighted by Gasteiger charge is 2.24. The van der Waals surface area contributed by atoms with Gasteiger partial charge < -0.3 is 15.8 Å². The van der Waals surface area contributed by atoms with Gasteiger partial charge in [0.15, 0.2) is 15.8 Å². The van der Waals surface area contributed by atoms with Gasteiger partial charge in [-0.1, -0.05) is 0 Å². The van der Waals surface area contributed by atoms with Crippen molar-refractivity contribution in [2.75, 3.05) is 30.5 Å². The van der Waals surface area contributed by atoms with Crippen LogP contribution in [-0.4, -0.2) is 39.5 Å². The molecule has 0 spiro atoms. The predicted molar refractivity (Wildman–Crippen MR) is 84.5 cm³/mol. The fourth-order valence-corrected chi connectivity index (χ4v) is 4.11. The molecule has 116 valence electrons. The summed E-state index contributed by atoms with van der Waals surface area (Å²) in [6.45, 7) is 0.439. The molecule has 1 aliphatic heterocycles. The van der Waals surface area contributed by atoms with Gasteiger partial charge in [0, 0.05) is 12.2 Å². The molecule has 1 aromatic carbocycles. The number of nitrogens with one attached hydrogen (secondary N) is 1. The molecule has 1 heterocycles. The molecule has 0 aliphatic carbocycles. The lowest BCUT2D eigenvalue weighted by molar-refractivity contribution is 0.415. The smallest absolute Gasteiger partial charge is 0.193 e. The van der Waals surface area contributed by atoms with Gasteiger partial charge in [0.05, 0.1) is 18.6 Å². The second-order valence-electron chi connectivity index (χ2n) is 5.20. The first-order valence-electron chi connectivity index (χ1n) is 6.90. The van der Waals surface area contributed by atoms with E-state index in [0.717, 1.165) is 17.9 Å². The average molecular weight is 311 g/mol. The van der Waals surface area contributed by atoms with Crippen LogP contribution in [0.3, 0.4) is 0 Å². The van der Waals surface area contributed by atoms with E-state index in [1.165, 1.54) is 0 Å². The Hall–Kier alpha value is -1.76. The number of hydrogen-bond donors (Lipinski definition) is 2. The summed E-state index contributed by atoms with van der Waals surface area (Å²) in [5.74, 6) is 1.64. The summed E-state index contributed by atoms with van der Waals surface area (Å²) < 4.78 is 28.2. The zero-order valence-electron chi connectivity index (χ0n) is 12.1. The summed E-state index contributed by atoms with van der Waals surface area (Å²) in [5, 5.41) is 2.98. The average Bonchev–Trinajstić information content (AvgIpc) is 2.45. The van der Waals surface area contributed by atoms with E-state index in [2.05, 4.69) is 10.3 Å². The van der Waals surface area contributed by atoms with Crippen molar-refractivity contribution in [3.8, 4) is 5.75 Å². The second kappa shape index (κ2) is 6.80. The minimum absolute atomic E-state index is 0.0694. The number of guanidine groups is 1. The topological polar surface area (TPSA) is 93.8 Å². The van der Waals surface area contributed by atoms with Crippen LogP contribution in [0.1, 0.15) is 12.8 Å². The van der Waals surface area contributed by atoms with Crippen LogP contribution in [0, 0.1) is 5.92 Å². The molecule has 1 saturated heterocycles. The maximum atomic E-state index is 11.5. The van der Waals surface area contributed by atoms with E-state index in [4.69, 9.17) is 10.5 Å². The molecule has 6 nitrogen and oxygen atoms in total. The Morgan fingerprint density at radius 2 is 2.14 bits per heavy atom. The lowest BCUT2D eigenvalue weighted by Crippen LogP contribution is -2.29. The number of methoxy groups -OCH3 is 1. The van der Waals surface area contributed by atoms with E-state index in [1.807, 2.05) is 24.3 Å². The SMILES string of the molecule is COc1ccc(NC(N)=NCC2CCCS(=O)(=O)C2)cc1. The highest BCUT2D eigenvalue weighted by Crippen LogP contribution is 2.18. The van der Waals surface area contributed by atoms with Crippen molar-refractivity contribution < 1.29 is 13.2 Å². The Morgan fingerprint density at radius 1 is 1.43 bits per heavy atom. The molecule has 0 amide bonds. The third-order valence-corrected chi connectivity index (χ3v) is 5.33. The molecule has 1 aromatic rings. The van der Waals surface area contributed by atoms with Gasteiger partial charge in [0.2, 0.25) is 0 Å². The minimum Gasteiger partial charge on any atom is -0.497 e. The van der Waals surface area contributed by atoms with Crippen molar-refractivity contribution in [3.05, 3.63) is 24.3 Å². The number of anilines is 1. The maximum Gasteiger partial charge on any atom is 0.193 e. The highest BCUT2D eigenvalue weighted by molar-refractivity contribution is 7.91.